The molecule has 0 atom stereocenters. The Labute approximate surface area is 111 Å². The van der Waals surface area contributed by atoms with E-state index in [9.17, 15) is 13.9 Å². The number of H-pyrrole nitrogens is 1. The molecule has 0 aliphatic heterocycles. The SMILES string of the molecule is Oc1ccc(Cl)c(-c2nc3c(F)c(F)ccc3[nH]2)c1. The molecule has 96 valence electrons. The first-order valence-electron chi connectivity index (χ1n) is 5.39. The third-order valence-corrected chi connectivity index (χ3v) is 3.08. The van der Waals surface area contributed by atoms with E-state index in [1.54, 1.807) is 0 Å². The summed E-state index contributed by atoms with van der Waals surface area (Å²) in [6.45, 7) is 0. The number of benzene rings is 2. The Balaban J connectivity index is 2.26. The lowest BCUT2D eigenvalue weighted by Crippen LogP contribution is -1.84. The lowest BCUT2D eigenvalue weighted by molar-refractivity contribution is 0.475. The van der Waals surface area contributed by atoms with Crippen molar-refractivity contribution in [3.05, 3.63) is 47.0 Å². The quantitative estimate of drug-likeness (QED) is 0.711. The summed E-state index contributed by atoms with van der Waals surface area (Å²) in [5, 5.41) is 9.78. The molecule has 0 radical (unpaired) electrons. The van der Waals surface area contributed by atoms with E-state index in [1.165, 1.54) is 24.3 Å². The number of phenols is 1. The van der Waals surface area contributed by atoms with Gasteiger partial charge in [0.25, 0.3) is 0 Å². The van der Waals surface area contributed by atoms with E-state index in [-0.39, 0.29) is 17.1 Å². The van der Waals surface area contributed by atoms with Crippen LogP contribution in [0.25, 0.3) is 22.4 Å². The van der Waals surface area contributed by atoms with Gasteiger partial charge in [0.2, 0.25) is 0 Å². The molecule has 0 spiro atoms. The molecule has 0 bridgehead atoms. The van der Waals surface area contributed by atoms with Crippen molar-refractivity contribution in [2.75, 3.05) is 0 Å². The molecule has 3 rings (SSSR count). The van der Waals surface area contributed by atoms with Crippen molar-refractivity contribution in [1.29, 1.82) is 0 Å². The Hall–Kier alpha value is -2.14. The summed E-state index contributed by atoms with van der Waals surface area (Å²) >= 11 is 5.99. The second kappa shape index (κ2) is 4.20. The maximum absolute atomic E-state index is 13.6. The summed E-state index contributed by atoms with van der Waals surface area (Å²) in [6, 6.07) is 6.73. The van der Waals surface area contributed by atoms with Gasteiger partial charge in [-0.3, -0.25) is 0 Å². The van der Waals surface area contributed by atoms with Gasteiger partial charge in [-0.2, -0.15) is 0 Å². The molecule has 0 aliphatic carbocycles. The van der Waals surface area contributed by atoms with E-state index in [2.05, 4.69) is 9.97 Å². The van der Waals surface area contributed by atoms with Crippen molar-refractivity contribution in [3.8, 4) is 17.1 Å². The van der Waals surface area contributed by atoms with Gasteiger partial charge in [-0.15, -0.1) is 0 Å². The Morgan fingerprint density at radius 1 is 1.16 bits per heavy atom. The van der Waals surface area contributed by atoms with Gasteiger partial charge in [0.05, 0.1) is 10.5 Å². The van der Waals surface area contributed by atoms with Crippen molar-refractivity contribution in [3.63, 3.8) is 0 Å². The highest BCUT2D eigenvalue weighted by atomic mass is 35.5. The van der Waals surface area contributed by atoms with Gasteiger partial charge in [0, 0.05) is 5.56 Å². The van der Waals surface area contributed by atoms with Crippen LogP contribution in [-0.4, -0.2) is 15.1 Å². The molecule has 2 N–H and O–H groups in total. The molecule has 2 aromatic carbocycles. The number of aromatic amines is 1. The van der Waals surface area contributed by atoms with E-state index < -0.39 is 11.6 Å². The van der Waals surface area contributed by atoms with E-state index in [0.29, 0.717) is 16.1 Å². The number of rotatable bonds is 1. The predicted octanol–water partition coefficient (Wildman–Crippen LogP) is 3.87. The number of aromatic nitrogens is 2. The van der Waals surface area contributed by atoms with Gasteiger partial charge < -0.3 is 10.1 Å². The first-order valence-corrected chi connectivity index (χ1v) is 5.76. The number of aromatic hydroxyl groups is 1. The smallest absolute Gasteiger partial charge is 0.186 e. The highest BCUT2D eigenvalue weighted by Gasteiger charge is 2.14. The molecule has 1 aromatic heterocycles. The Kier molecular flexibility index (Phi) is 2.64. The zero-order valence-corrected chi connectivity index (χ0v) is 10.2. The van der Waals surface area contributed by atoms with Crippen LogP contribution in [0.5, 0.6) is 5.75 Å². The molecule has 19 heavy (non-hydrogen) atoms. The Bertz CT molecular complexity index is 786. The normalized spacial score (nSPS) is 11.1. The predicted molar refractivity (Wildman–Crippen MR) is 68.1 cm³/mol. The third-order valence-electron chi connectivity index (χ3n) is 2.75. The summed E-state index contributed by atoms with van der Waals surface area (Å²) in [4.78, 5) is 6.81. The second-order valence-corrected chi connectivity index (χ2v) is 4.41. The van der Waals surface area contributed by atoms with Crippen LogP contribution in [0.2, 0.25) is 5.02 Å². The largest absolute Gasteiger partial charge is 0.508 e. The monoisotopic (exact) mass is 280 g/mol. The summed E-state index contributed by atoms with van der Waals surface area (Å²) in [6.07, 6.45) is 0. The average Bonchev–Trinajstić information content (AvgIpc) is 2.81. The summed E-state index contributed by atoms with van der Waals surface area (Å²) in [7, 11) is 0. The summed E-state index contributed by atoms with van der Waals surface area (Å²) in [5.74, 6) is -1.71. The number of imidazole rings is 1. The minimum Gasteiger partial charge on any atom is -0.508 e. The van der Waals surface area contributed by atoms with Crippen molar-refractivity contribution >= 4 is 22.6 Å². The lowest BCUT2D eigenvalue weighted by atomic mass is 10.2. The Morgan fingerprint density at radius 2 is 1.95 bits per heavy atom. The second-order valence-electron chi connectivity index (χ2n) is 4.01. The van der Waals surface area contributed by atoms with Crippen LogP contribution in [0.1, 0.15) is 0 Å². The number of hydrogen-bond acceptors (Lipinski definition) is 2. The molecule has 0 amide bonds. The van der Waals surface area contributed by atoms with E-state index in [4.69, 9.17) is 11.6 Å². The van der Waals surface area contributed by atoms with Crippen LogP contribution < -0.4 is 0 Å². The van der Waals surface area contributed by atoms with Crippen LogP contribution in [0.4, 0.5) is 8.78 Å². The number of nitrogens with one attached hydrogen (secondary N) is 1. The summed E-state index contributed by atoms with van der Waals surface area (Å²) < 4.78 is 26.7. The fraction of sp³-hybridized carbons (Fsp3) is 0. The molecular weight excluding hydrogens is 274 g/mol. The third kappa shape index (κ3) is 1.92. The van der Waals surface area contributed by atoms with Crippen LogP contribution in [0.15, 0.2) is 30.3 Å². The van der Waals surface area contributed by atoms with Crippen molar-refractivity contribution in [2.24, 2.45) is 0 Å². The molecular formula is C13H7ClF2N2O. The van der Waals surface area contributed by atoms with Crippen LogP contribution >= 0.6 is 11.6 Å². The molecule has 0 aliphatic rings. The van der Waals surface area contributed by atoms with Crippen LogP contribution in [0.3, 0.4) is 0 Å². The lowest BCUT2D eigenvalue weighted by Gasteiger charge is -2.00. The van der Waals surface area contributed by atoms with Crippen molar-refractivity contribution in [2.45, 2.75) is 0 Å². The molecule has 3 nitrogen and oxygen atoms in total. The highest BCUT2D eigenvalue weighted by molar-refractivity contribution is 6.33. The zero-order valence-electron chi connectivity index (χ0n) is 9.42. The number of nitrogens with zero attached hydrogens (tertiary/aromatic N) is 1. The van der Waals surface area contributed by atoms with E-state index in [0.717, 1.165) is 6.07 Å². The van der Waals surface area contributed by atoms with Gasteiger partial charge in [-0.25, -0.2) is 13.8 Å². The van der Waals surface area contributed by atoms with Crippen molar-refractivity contribution < 1.29 is 13.9 Å². The summed E-state index contributed by atoms with van der Waals surface area (Å²) in [5.41, 5.74) is 0.667. The van der Waals surface area contributed by atoms with Gasteiger partial charge in [-0.05, 0) is 30.3 Å². The van der Waals surface area contributed by atoms with Gasteiger partial charge in [-0.1, -0.05) is 11.6 Å². The first kappa shape index (κ1) is 11.9. The molecule has 0 unspecified atom stereocenters. The van der Waals surface area contributed by atoms with E-state index in [1.807, 2.05) is 0 Å². The highest BCUT2D eigenvalue weighted by Crippen LogP contribution is 2.31. The van der Waals surface area contributed by atoms with Crippen LogP contribution in [-0.2, 0) is 0 Å². The fourth-order valence-electron chi connectivity index (χ4n) is 1.84. The molecule has 3 aromatic rings. The zero-order chi connectivity index (χ0) is 13.6. The minimum atomic E-state index is -1.02. The number of hydrogen-bond donors (Lipinski definition) is 2. The molecule has 0 fully saturated rings. The Morgan fingerprint density at radius 3 is 2.74 bits per heavy atom. The molecule has 1 heterocycles. The van der Waals surface area contributed by atoms with Crippen LogP contribution in [0, 0.1) is 11.6 Å². The maximum atomic E-state index is 13.6. The number of fused-ring (bicyclic) bond motifs is 1. The molecule has 0 saturated heterocycles. The minimum absolute atomic E-state index is 0.00603. The van der Waals surface area contributed by atoms with Gasteiger partial charge in [0.15, 0.2) is 11.6 Å². The molecule has 6 heteroatoms. The van der Waals surface area contributed by atoms with Crippen molar-refractivity contribution in [1.82, 2.24) is 9.97 Å². The van der Waals surface area contributed by atoms with Gasteiger partial charge in [0.1, 0.15) is 17.1 Å². The average molecular weight is 281 g/mol. The van der Waals surface area contributed by atoms with E-state index >= 15 is 0 Å². The number of phenolic OH excluding ortho intramolecular Hbond substituents is 1. The first-order chi connectivity index (χ1) is 9.06. The van der Waals surface area contributed by atoms with Gasteiger partial charge >= 0.3 is 0 Å². The fourth-order valence-corrected chi connectivity index (χ4v) is 2.05. The molecule has 0 saturated carbocycles. The number of halogens is 3. The topological polar surface area (TPSA) is 48.9 Å². The standard InChI is InChI=1S/C13H7ClF2N2O/c14-8-2-1-6(19)5-7(8)13-17-10-4-3-9(15)11(16)12(10)18-13/h1-5,19H,(H,17,18). The maximum Gasteiger partial charge on any atom is 0.186 e.